The number of hydrogen-bond donors (Lipinski definition) is 1. The van der Waals surface area contributed by atoms with Crippen LogP contribution in [0.2, 0.25) is 0 Å². The van der Waals surface area contributed by atoms with Gasteiger partial charge in [-0.3, -0.25) is 0 Å². The first-order chi connectivity index (χ1) is 7.84. The fraction of sp³-hybridized carbons (Fsp3) is 0.143. The minimum absolute atomic E-state index is 0.341. The Morgan fingerprint density at radius 2 is 1.88 bits per heavy atom. The SMILES string of the molecule is Brc1ccc2c(c1)C(c1ccccc1)NC2. The van der Waals surface area contributed by atoms with E-state index >= 15 is 0 Å². The first-order valence-corrected chi connectivity index (χ1v) is 6.20. The van der Waals surface area contributed by atoms with Crippen LogP contribution in [0.3, 0.4) is 0 Å². The van der Waals surface area contributed by atoms with E-state index in [1.54, 1.807) is 0 Å². The van der Waals surface area contributed by atoms with Gasteiger partial charge < -0.3 is 5.32 Å². The molecule has 1 aliphatic rings. The summed E-state index contributed by atoms with van der Waals surface area (Å²) in [5.74, 6) is 0. The van der Waals surface area contributed by atoms with Crippen LogP contribution in [0.25, 0.3) is 0 Å². The molecular formula is C14H12BrN. The van der Waals surface area contributed by atoms with Crippen molar-refractivity contribution in [3.8, 4) is 0 Å². The van der Waals surface area contributed by atoms with Crippen LogP contribution in [0.1, 0.15) is 22.7 Å². The predicted molar refractivity (Wildman–Crippen MR) is 69.3 cm³/mol. The Morgan fingerprint density at radius 3 is 2.69 bits per heavy atom. The number of rotatable bonds is 1. The molecule has 16 heavy (non-hydrogen) atoms. The Kier molecular flexibility index (Phi) is 2.54. The third-order valence-electron chi connectivity index (χ3n) is 3.05. The van der Waals surface area contributed by atoms with Gasteiger partial charge in [0.2, 0.25) is 0 Å². The number of halogens is 1. The molecule has 1 nitrogen and oxygen atoms in total. The maximum atomic E-state index is 3.54. The van der Waals surface area contributed by atoms with Gasteiger partial charge in [-0.1, -0.05) is 52.3 Å². The highest BCUT2D eigenvalue weighted by Crippen LogP contribution is 2.32. The van der Waals surface area contributed by atoms with E-state index in [1.807, 2.05) is 0 Å². The predicted octanol–water partition coefficient (Wildman–Crippen LogP) is 3.64. The normalized spacial score (nSPS) is 18.4. The van der Waals surface area contributed by atoms with Crippen molar-refractivity contribution in [2.75, 3.05) is 0 Å². The maximum absolute atomic E-state index is 3.54. The summed E-state index contributed by atoms with van der Waals surface area (Å²) in [6.45, 7) is 0.960. The third kappa shape index (κ3) is 1.68. The molecule has 2 aromatic rings. The molecule has 0 amide bonds. The van der Waals surface area contributed by atoms with Crippen molar-refractivity contribution in [2.45, 2.75) is 12.6 Å². The van der Waals surface area contributed by atoms with Crippen molar-refractivity contribution in [2.24, 2.45) is 0 Å². The van der Waals surface area contributed by atoms with Crippen molar-refractivity contribution in [1.82, 2.24) is 5.32 Å². The number of nitrogens with one attached hydrogen (secondary N) is 1. The quantitative estimate of drug-likeness (QED) is 0.837. The molecule has 0 radical (unpaired) electrons. The second kappa shape index (κ2) is 4.04. The van der Waals surface area contributed by atoms with E-state index in [4.69, 9.17) is 0 Å². The molecule has 0 saturated carbocycles. The molecule has 0 saturated heterocycles. The fourth-order valence-electron chi connectivity index (χ4n) is 2.26. The Hall–Kier alpha value is -1.12. The van der Waals surface area contributed by atoms with Crippen LogP contribution in [0, 0.1) is 0 Å². The van der Waals surface area contributed by atoms with Gasteiger partial charge in [0.1, 0.15) is 0 Å². The van der Waals surface area contributed by atoms with Gasteiger partial charge in [-0.2, -0.15) is 0 Å². The smallest absolute Gasteiger partial charge is 0.0582 e. The molecule has 0 aromatic heterocycles. The second-order valence-electron chi connectivity index (χ2n) is 4.07. The summed E-state index contributed by atoms with van der Waals surface area (Å²) >= 11 is 3.54. The van der Waals surface area contributed by atoms with E-state index in [0.717, 1.165) is 11.0 Å². The van der Waals surface area contributed by atoms with Gasteiger partial charge in [0.25, 0.3) is 0 Å². The highest BCUT2D eigenvalue weighted by atomic mass is 79.9. The molecule has 2 aromatic carbocycles. The minimum atomic E-state index is 0.341. The van der Waals surface area contributed by atoms with E-state index in [-0.39, 0.29) is 0 Å². The topological polar surface area (TPSA) is 12.0 Å². The Morgan fingerprint density at radius 1 is 1.06 bits per heavy atom. The van der Waals surface area contributed by atoms with Crippen LogP contribution in [0.4, 0.5) is 0 Å². The van der Waals surface area contributed by atoms with Gasteiger partial charge in [-0.25, -0.2) is 0 Å². The van der Waals surface area contributed by atoms with E-state index in [1.165, 1.54) is 16.7 Å². The summed E-state index contributed by atoms with van der Waals surface area (Å²) in [4.78, 5) is 0. The highest BCUT2D eigenvalue weighted by molar-refractivity contribution is 9.10. The molecule has 3 rings (SSSR count). The second-order valence-corrected chi connectivity index (χ2v) is 4.98. The highest BCUT2D eigenvalue weighted by Gasteiger charge is 2.22. The first kappa shape index (κ1) is 10.1. The summed E-state index contributed by atoms with van der Waals surface area (Å²) in [6, 6.07) is 17.4. The zero-order chi connectivity index (χ0) is 11.0. The molecule has 0 fully saturated rings. The van der Waals surface area contributed by atoms with E-state index in [9.17, 15) is 0 Å². The first-order valence-electron chi connectivity index (χ1n) is 5.41. The van der Waals surface area contributed by atoms with Gasteiger partial charge in [0, 0.05) is 11.0 Å². The Labute approximate surface area is 104 Å². The fourth-order valence-corrected chi connectivity index (χ4v) is 2.64. The van der Waals surface area contributed by atoms with Gasteiger partial charge in [-0.05, 0) is 28.8 Å². The minimum Gasteiger partial charge on any atom is -0.302 e. The van der Waals surface area contributed by atoms with Crippen LogP contribution in [-0.4, -0.2) is 0 Å². The summed E-state index contributed by atoms with van der Waals surface area (Å²) in [5, 5.41) is 3.54. The molecule has 1 N–H and O–H groups in total. The molecule has 0 aliphatic carbocycles. The molecule has 1 unspecified atom stereocenters. The van der Waals surface area contributed by atoms with E-state index in [2.05, 4.69) is 69.8 Å². The third-order valence-corrected chi connectivity index (χ3v) is 3.54. The summed E-state index contributed by atoms with van der Waals surface area (Å²) < 4.78 is 1.15. The average molecular weight is 274 g/mol. The number of benzene rings is 2. The van der Waals surface area contributed by atoms with Crippen LogP contribution in [-0.2, 0) is 6.54 Å². The molecule has 1 atom stereocenters. The molecule has 1 aliphatic heterocycles. The lowest BCUT2D eigenvalue weighted by Gasteiger charge is -2.12. The van der Waals surface area contributed by atoms with Gasteiger partial charge in [0.15, 0.2) is 0 Å². The lowest BCUT2D eigenvalue weighted by Crippen LogP contribution is -2.12. The molecular weight excluding hydrogens is 262 g/mol. The lowest BCUT2D eigenvalue weighted by atomic mass is 9.99. The average Bonchev–Trinajstić information content (AvgIpc) is 2.73. The standard InChI is InChI=1S/C14H12BrN/c15-12-7-6-11-9-16-14(13(11)8-12)10-4-2-1-3-5-10/h1-8,14,16H,9H2. The number of hydrogen-bond acceptors (Lipinski definition) is 1. The zero-order valence-corrected chi connectivity index (χ0v) is 10.4. The maximum Gasteiger partial charge on any atom is 0.0582 e. The van der Waals surface area contributed by atoms with Crippen molar-refractivity contribution in [3.63, 3.8) is 0 Å². The molecule has 80 valence electrons. The molecule has 0 spiro atoms. The van der Waals surface area contributed by atoms with Crippen LogP contribution in [0.15, 0.2) is 53.0 Å². The Balaban J connectivity index is 2.06. The summed E-state index contributed by atoms with van der Waals surface area (Å²) in [6.07, 6.45) is 0. The molecule has 2 heteroatoms. The Bertz CT molecular complexity index is 507. The molecule has 0 bridgehead atoms. The van der Waals surface area contributed by atoms with Gasteiger partial charge in [0.05, 0.1) is 6.04 Å². The van der Waals surface area contributed by atoms with Crippen molar-refractivity contribution < 1.29 is 0 Å². The van der Waals surface area contributed by atoms with Crippen LogP contribution >= 0.6 is 15.9 Å². The van der Waals surface area contributed by atoms with E-state index in [0.29, 0.717) is 6.04 Å². The van der Waals surface area contributed by atoms with E-state index < -0.39 is 0 Å². The summed E-state index contributed by atoms with van der Waals surface area (Å²) in [7, 11) is 0. The van der Waals surface area contributed by atoms with Crippen molar-refractivity contribution >= 4 is 15.9 Å². The van der Waals surface area contributed by atoms with Gasteiger partial charge in [-0.15, -0.1) is 0 Å². The monoisotopic (exact) mass is 273 g/mol. The molecule has 1 heterocycles. The largest absolute Gasteiger partial charge is 0.302 e. The lowest BCUT2D eigenvalue weighted by molar-refractivity contribution is 0.667. The van der Waals surface area contributed by atoms with Crippen molar-refractivity contribution in [3.05, 3.63) is 69.7 Å². The number of fused-ring (bicyclic) bond motifs is 1. The van der Waals surface area contributed by atoms with Crippen LogP contribution < -0.4 is 5.32 Å². The van der Waals surface area contributed by atoms with Crippen molar-refractivity contribution in [1.29, 1.82) is 0 Å². The zero-order valence-electron chi connectivity index (χ0n) is 8.78. The summed E-state index contributed by atoms with van der Waals surface area (Å²) in [5.41, 5.74) is 4.12. The van der Waals surface area contributed by atoms with Crippen LogP contribution in [0.5, 0.6) is 0 Å². The van der Waals surface area contributed by atoms with Gasteiger partial charge >= 0.3 is 0 Å².